The molecule has 146 valence electrons. The maximum Gasteiger partial charge on any atom is 0.0600 e. The van der Waals surface area contributed by atoms with Gasteiger partial charge >= 0.3 is 0 Å². The molecule has 0 N–H and O–H groups in total. The van der Waals surface area contributed by atoms with Crippen molar-refractivity contribution in [2.45, 2.75) is 90.6 Å². The minimum Gasteiger partial charge on any atom is -0.375 e. The van der Waals surface area contributed by atoms with Crippen molar-refractivity contribution in [2.75, 3.05) is 39.3 Å². The monoisotopic (exact) mass is 351 g/mol. The lowest BCUT2D eigenvalue weighted by Crippen LogP contribution is -2.55. The van der Waals surface area contributed by atoms with Gasteiger partial charge in [0, 0.05) is 43.8 Å². The molecule has 3 saturated heterocycles. The van der Waals surface area contributed by atoms with Crippen LogP contribution in [0.4, 0.5) is 0 Å². The Morgan fingerprint density at radius 2 is 1.64 bits per heavy atom. The van der Waals surface area contributed by atoms with Crippen LogP contribution in [0.25, 0.3) is 0 Å². The summed E-state index contributed by atoms with van der Waals surface area (Å²) in [4.78, 5) is 8.27. The molecular weight excluding hydrogens is 310 g/mol. The second-order valence-electron chi connectivity index (χ2n) is 9.96. The molecule has 0 saturated carbocycles. The van der Waals surface area contributed by atoms with Gasteiger partial charge in [-0.15, -0.1) is 0 Å². The molecule has 2 bridgehead atoms. The highest BCUT2D eigenvalue weighted by atomic mass is 16.5. The number of piperidine rings is 1. The van der Waals surface area contributed by atoms with E-state index >= 15 is 0 Å². The summed E-state index contributed by atoms with van der Waals surface area (Å²) in [5.74, 6) is 0.770. The van der Waals surface area contributed by atoms with E-state index in [1.54, 1.807) is 0 Å². The molecule has 0 aromatic rings. The summed E-state index contributed by atoms with van der Waals surface area (Å²) in [5.41, 5.74) is -0.00783. The second-order valence-corrected chi connectivity index (χ2v) is 9.96. The van der Waals surface area contributed by atoms with E-state index in [-0.39, 0.29) is 5.60 Å². The van der Waals surface area contributed by atoms with Gasteiger partial charge < -0.3 is 9.64 Å². The summed E-state index contributed by atoms with van der Waals surface area (Å²) in [6, 6.07) is 3.21. The van der Waals surface area contributed by atoms with Crippen molar-refractivity contribution in [2.24, 2.45) is 5.92 Å². The van der Waals surface area contributed by atoms with Crippen molar-refractivity contribution in [3.8, 4) is 0 Å². The molecule has 4 nitrogen and oxygen atoms in total. The highest BCUT2D eigenvalue weighted by molar-refractivity contribution is 5.03. The molecule has 3 fully saturated rings. The predicted octanol–water partition coefficient (Wildman–Crippen LogP) is 3.07. The number of fused-ring (bicyclic) bond motifs is 2. The van der Waals surface area contributed by atoms with Crippen LogP contribution in [0.1, 0.15) is 60.8 Å². The second kappa shape index (κ2) is 7.84. The fraction of sp³-hybridized carbons (Fsp3) is 1.00. The third-order valence-corrected chi connectivity index (χ3v) is 6.78. The molecule has 0 unspecified atom stereocenters. The normalized spacial score (nSPS) is 31.3. The molecule has 4 heteroatoms. The minimum atomic E-state index is -0.00783. The molecule has 0 spiro atoms. The van der Waals surface area contributed by atoms with Crippen molar-refractivity contribution in [1.82, 2.24) is 14.7 Å². The molecule has 3 aliphatic rings. The Labute approximate surface area is 155 Å². The Morgan fingerprint density at radius 1 is 0.960 bits per heavy atom. The molecule has 0 amide bonds. The van der Waals surface area contributed by atoms with E-state index in [0.717, 1.165) is 43.2 Å². The number of ether oxygens (including phenoxy) is 1. The van der Waals surface area contributed by atoms with Gasteiger partial charge in [-0.05, 0) is 66.0 Å². The van der Waals surface area contributed by atoms with Crippen molar-refractivity contribution in [3.05, 3.63) is 0 Å². The van der Waals surface area contributed by atoms with E-state index in [4.69, 9.17) is 4.74 Å². The molecule has 0 aromatic heterocycles. The molecule has 3 rings (SSSR count). The van der Waals surface area contributed by atoms with E-state index < -0.39 is 0 Å². The molecule has 0 aromatic carbocycles. The van der Waals surface area contributed by atoms with E-state index in [9.17, 15) is 0 Å². The van der Waals surface area contributed by atoms with E-state index in [0.29, 0.717) is 0 Å². The van der Waals surface area contributed by atoms with Crippen LogP contribution in [-0.2, 0) is 4.74 Å². The standard InChI is InChI=1S/C21H41N3O/c1-16(2)17(3)23-14-20-13-19(23)15-24(20)18-7-9-22(10-8-18)11-12-25-21(4,5)6/h16-20H,7-15H2,1-6H3/t17-,19-,20-/m1/s1. The maximum absolute atomic E-state index is 5.89. The van der Waals surface area contributed by atoms with Crippen molar-refractivity contribution in [1.29, 1.82) is 0 Å². The first-order chi connectivity index (χ1) is 11.7. The van der Waals surface area contributed by atoms with Crippen molar-refractivity contribution < 1.29 is 4.74 Å². The first-order valence-corrected chi connectivity index (χ1v) is 10.6. The van der Waals surface area contributed by atoms with Gasteiger partial charge in [0.25, 0.3) is 0 Å². The van der Waals surface area contributed by atoms with Crippen LogP contribution < -0.4 is 0 Å². The van der Waals surface area contributed by atoms with Crippen LogP contribution in [0.3, 0.4) is 0 Å². The Morgan fingerprint density at radius 3 is 2.16 bits per heavy atom. The molecule has 3 aliphatic heterocycles. The van der Waals surface area contributed by atoms with Gasteiger partial charge in [0.05, 0.1) is 12.2 Å². The van der Waals surface area contributed by atoms with Crippen LogP contribution in [0, 0.1) is 5.92 Å². The summed E-state index contributed by atoms with van der Waals surface area (Å²) in [5, 5.41) is 0. The Kier molecular flexibility index (Phi) is 6.14. The van der Waals surface area contributed by atoms with Gasteiger partial charge in [0.15, 0.2) is 0 Å². The fourth-order valence-electron chi connectivity index (χ4n) is 5.01. The summed E-state index contributed by atoms with van der Waals surface area (Å²) in [6.45, 7) is 20.7. The first kappa shape index (κ1) is 19.6. The molecule has 3 heterocycles. The molecule has 25 heavy (non-hydrogen) atoms. The molecule has 3 atom stereocenters. The van der Waals surface area contributed by atoms with Crippen LogP contribution in [0.5, 0.6) is 0 Å². The molecule has 0 aliphatic carbocycles. The lowest BCUT2D eigenvalue weighted by atomic mass is 10.0. The average molecular weight is 352 g/mol. The average Bonchev–Trinajstić information content (AvgIpc) is 3.14. The predicted molar refractivity (Wildman–Crippen MR) is 105 cm³/mol. The fourth-order valence-corrected chi connectivity index (χ4v) is 5.01. The van der Waals surface area contributed by atoms with Gasteiger partial charge in [-0.3, -0.25) is 9.80 Å². The third-order valence-electron chi connectivity index (χ3n) is 6.78. The van der Waals surface area contributed by atoms with Gasteiger partial charge in [-0.25, -0.2) is 0 Å². The van der Waals surface area contributed by atoms with Gasteiger partial charge in [-0.1, -0.05) is 13.8 Å². The van der Waals surface area contributed by atoms with Crippen molar-refractivity contribution in [3.63, 3.8) is 0 Å². The Hall–Kier alpha value is -0.160. The van der Waals surface area contributed by atoms with E-state index in [1.165, 1.54) is 45.4 Å². The maximum atomic E-state index is 5.89. The SMILES string of the molecule is CC(C)[C@@H](C)N1C[C@H]2C[C@@H]1CN2C1CCN(CCOC(C)(C)C)CC1. The lowest BCUT2D eigenvalue weighted by molar-refractivity contribution is -0.0201. The highest BCUT2D eigenvalue weighted by Gasteiger charge is 2.47. The smallest absolute Gasteiger partial charge is 0.0600 e. The lowest BCUT2D eigenvalue weighted by Gasteiger charge is -2.44. The quantitative estimate of drug-likeness (QED) is 0.732. The number of hydrogen-bond donors (Lipinski definition) is 0. The van der Waals surface area contributed by atoms with Crippen LogP contribution >= 0.6 is 0 Å². The van der Waals surface area contributed by atoms with Crippen LogP contribution in [0.15, 0.2) is 0 Å². The van der Waals surface area contributed by atoms with E-state index in [2.05, 4.69) is 56.2 Å². The zero-order chi connectivity index (χ0) is 18.2. The van der Waals surface area contributed by atoms with Crippen LogP contribution in [-0.4, -0.2) is 83.8 Å². The zero-order valence-corrected chi connectivity index (χ0v) is 17.5. The Bertz CT molecular complexity index is 425. The van der Waals surface area contributed by atoms with E-state index in [1.807, 2.05) is 0 Å². The topological polar surface area (TPSA) is 19.0 Å². The number of hydrogen-bond acceptors (Lipinski definition) is 4. The van der Waals surface area contributed by atoms with Gasteiger partial charge in [0.2, 0.25) is 0 Å². The zero-order valence-electron chi connectivity index (χ0n) is 17.5. The van der Waals surface area contributed by atoms with Gasteiger partial charge in [-0.2, -0.15) is 0 Å². The summed E-state index contributed by atoms with van der Waals surface area (Å²) in [7, 11) is 0. The molecular formula is C21H41N3O. The van der Waals surface area contributed by atoms with Crippen molar-refractivity contribution >= 4 is 0 Å². The number of piperazine rings is 1. The third kappa shape index (κ3) is 4.77. The first-order valence-electron chi connectivity index (χ1n) is 10.6. The molecule has 0 radical (unpaired) electrons. The summed E-state index contributed by atoms with van der Waals surface area (Å²) >= 11 is 0. The number of nitrogens with zero attached hydrogens (tertiary/aromatic N) is 3. The minimum absolute atomic E-state index is 0.00783. The number of likely N-dealkylation sites (tertiary alicyclic amines) is 3. The van der Waals surface area contributed by atoms with Crippen LogP contribution in [0.2, 0.25) is 0 Å². The summed E-state index contributed by atoms with van der Waals surface area (Å²) < 4.78 is 5.89. The number of rotatable bonds is 6. The Balaban J connectivity index is 1.40. The summed E-state index contributed by atoms with van der Waals surface area (Å²) in [6.07, 6.45) is 4.10. The largest absolute Gasteiger partial charge is 0.375 e. The highest BCUT2D eigenvalue weighted by Crippen LogP contribution is 2.36. The van der Waals surface area contributed by atoms with Gasteiger partial charge in [0.1, 0.15) is 0 Å².